The number of phenolic OH excluding ortho intramolecular Hbond substituents is 1. The van der Waals surface area contributed by atoms with Crippen molar-refractivity contribution >= 4 is 50.6 Å². The Bertz CT molecular complexity index is 2110. The Kier molecular flexibility index (Phi) is 7.94. The monoisotopic (exact) mass is 727 g/mol. The number of fused-ring (bicyclic) bond motifs is 4. The minimum Gasteiger partial charge on any atom is -0.504 e. The lowest BCUT2D eigenvalue weighted by atomic mass is 9.44. The molecule has 0 unspecified atom stereocenters. The predicted molar refractivity (Wildman–Crippen MR) is 192 cm³/mol. The van der Waals surface area contributed by atoms with Crippen LogP contribution >= 0.6 is 15.9 Å². The number of rotatable bonds is 6. The molecule has 50 heavy (non-hydrogen) atoms. The van der Waals surface area contributed by atoms with E-state index in [1.807, 2.05) is 73.7 Å². The summed E-state index contributed by atoms with van der Waals surface area (Å²) >= 11 is 3.44. The molecule has 4 aliphatic rings. The lowest BCUT2D eigenvalue weighted by molar-refractivity contribution is -0.135. The summed E-state index contributed by atoms with van der Waals surface area (Å²) in [4.78, 5) is 60.0. The van der Waals surface area contributed by atoms with E-state index in [9.17, 15) is 14.7 Å². The summed E-state index contributed by atoms with van der Waals surface area (Å²) in [5.41, 5.74) is 1.90. The van der Waals surface area contributed by atoms with Crippen LogP contribution in [0.4, 0.5) is 5.69 Å². The molecule has 1 saturated heterocycles. The van der Waals surface area contributed by atoms with Gasteiger partial charge in [-0.2, -0.15) is 0 Å². The van der Waals surface area contributed by atoms with Crippen LogP contribution in [0.1, 0.15) is 42.4 Å². The molecular formula is C42H34BrNO6. The van der Waals surface area contributed by atoms with Crippen LogP contribution in [0.3, 0.4) is 0 Å². The molecule has 8 heteroatoms. The topological polar surface area (TPSA) is 101 Å². The molecule has 4 aromatic rings. The summed E-state index contributed by atoms with van der Waals surface area (Å²) in [7, 11) is 0. The van der Waals surface area contributed by atoms with Gasteiger partial charge in [0.1, 0.15) is 0 Å². The van der Waals surface area contributed by atoms with Crippen LogP contribution in [0.5, 0.6) is 11.5 Å². The molecule has 1 N–H and O–H groups in total. The maximum Gasteiger partial charge on any atom is 0.238 e. The minimum absolute atomic E-state index is 0.111. The number of Topliss-reactive ketones (excluding diaryl/α,β-unsaturated/α-hetero) is 1. The number of halogens is 1. The van der Waals surface area contributed by atoms with Gasteiger partial charge < -0.3 is 9.84 Å². The zero-order valence-electron chi connectivity index (χ0n) is 27.3. The lowest BCUT2D eigenvalue weighted by Crippen LogP contribution is -2.58. The van der Waals surface area contributed by atoms with Gasteiger partial charge in [-0.3, -0.25) is 24.1 Å². The van der Waals surface area contributed by atoms with Gasteiger partial charge in [-0.25, -0.2) is 0 Å². The van der Waals surface area contributed by atoms with E-state index in [1.165, 1.54) is 11.0 Å². The Morgan fingerprint density at radius 3 is 2.24 bits per heavy atom. The minimum atomic E-state index is -1.44. The number of amides is 2. The number of carbonyl (C=O) groups is 4. The van der Waals surface area contributed by atoms with Crippen molar-refractivity contribution < 1.29 is 29.0 Å². The third-order valence-electron chi connectivity index (χ3n) is 11.1. The fourth-order valence-electron chi connectivity index (χ4n) is 9.11. The first kappa shape index (κ1) is 32.1. The van der Waals surface area contributed by atoms with Crippen molar-refractivity contribution in [3.05, 3.63) is 142 Å². The van der Waals surface area contributed by atoms with E-state index in [0.717, 1.165) is 10.0 Å². The molecule has 4 aromatic carbocycles. The van der Waals surface area contributed by atoms with Gasteiger partial charge in [0.05, 0.1) is 29.5 Å². The number of phenols is 1. The van der Waals surface area contributed by atoms with Gasteiger partial charge in [0.15, 0.2) is 23.1 Å². The number of aromatic hydroxyl groups is 1. The number of benzene rings is 4. The van der Waals surface area contributed by atoms with E-state index in [1.54, 1.807) is 42.5 Å². The predicted octanol–water partition coefficient (Wildman–Crippen LogP) is 7.58. The lowest BCUT2D eigenvalue weighted by Gasteiger charge is -2.55. The van der Waals surface area contributed by atoms with E-state index < -0.39 is 35.0 Å². The van der Waals surface area contributed by atoms with E-state index in [0.29, 0.717) is 41.0 Å². The highest BCUT2D eigenvalue weighted by atomic mass is 79.9. The van der Waals surface area contributed by atoms with Crippen LogP contribution in [0.15, 0.2) is 125 Å². The molecule has 1 saturated carbocycles. The molecule has 0 bridgehead atoms. The number of hydrogen-bond donors (Lipinski definition) is 1. The van der Waals surface area contributed by atoms with Crippen molar-refractivity contribution in [2.24, 2.45) is 23.7 Å². The Labute approximate surface area is 298 Å². The molecule has 0 aromatic heterocycles. The zero-order chi connectivity index (χ0) is 34.7. The number of imide groups is 1. The fraction of sp³-hybridized carbons (Fsp3) is 0.238. The maximum atomic E-state index is 15.2. The molecule has 2 fully saturated rings. The standard InChI is InChI=1S/C42H34BrNO6/c1-2-50-34-15-9-14-30(39(34)47)37-28-20-21-29-36(41(49)44(40(29)48)27-18-16-26(43)17-19-27)32(28)22-33-38(46)31(24-10-5-3-6-11-24)23-35(45)42(33,37)25-12-7-4-8-13-25/h3-20,23,29,32-33,36-37,47H,2,21-22H2,1H3/t29-,32+,33-,36-,37+,42-/m0/s1. The summed E-state index contributed by atoms with van der Waals surface area (Å²) in [5, 5.41) is 11.9. The van der Waals surface area contributed by atoms with E-state index in [2.05, 4.69) is 15.9 Å². The Morgan fingerprint density at radius 1 is 0.840 bits per heavy atom. The first-order valence-electron chi connectivity index (χ1n) is 17.0. The number of ketones is 2. The number of carbonyl (C=O) groups excluding carboxylic acids is 4. The second kappa shape index (κ2) is 12.4. The number of anilines is 1. The molecule has 8 rings (SSSR count). The average molecular weight is 729 g/mol. The highest BCUT2D eigenvalue weighted by molar-refractivity contribution is 9.10. The van der Waals surface area contributed by atoms with Crippen LogP contribution < -0.4 is 9.64 Å². The van der Waals surface area contributed by atoms with Gasteiger partial charge in [0.2, 0.25) is 11.8 Å². The van der Waals surface area contributed by atoms with Gasteiger partial charge in [-0.15, -0.1) is 0 Å². The largest absolute Gasteiger partial charge is 0.504 e. The zero-order valence-corrected chi connectivity index (χ0v) is 28.9. The van der Waals surface area contributed by atoms with E-state index in [-0.39, 0.29) is 41.3 Å². The van der Waals surface area contributed by atoms with Gasteiger partial charge in [-0.05, 0) is 73.2 Å². The van der Waals surface area contributed by atoms with Gasteiger partial charge in [0.25, 0.3) is 0 Å². The SMILES string of the molecule is CCOc1cccc([C@H]2C3=CC[C@@H]4C(=O)N(c5ccc(Br)cc5)C(=O)[C@@H]4[C@@H]3C[C@H]3C(=O)C(c4ccccc4)=CC(=O)[C@@]23c2ccccc2)c1O. The number of hydrogen-bond acceptors (Lipinski definition) is 6. The highest BCUT2D eigenvalue weighted by Crippen LogP contribution is 2.65. The molecule has 0 spiro atoms. The third kappa shape index (κ3) is 4.68. The van der Waals surface area contributed by atoms with Crippen molar-refractivity contribution in [2.75, 3.05) is 11.5 Å². The van der Waals surface area contributed by atoms with Crippen LogP contribution in [-0.4, -0.2) is 35.1 Å². The van der Waals surface area contributed by atoms with Crippen molar-refractivity contribution in [2.45, 2.75) is 31.1 Å². The highest BCUT2D eigenvalue weighted by Gasteiger charge is 2.66. The molecule has 0 radical (unpaired) electrons. The molecule has 3 aliphatic carbocycles. The molecule has 250 valence electrons. The number of para-hydroxylation sites is 1. The average Bonchev–Trinajstić information content (AvgIpc) is 3.40. The summed E-state index contributed by atoms with van der Waals surface area (Å²) in [6.45, 7) is 2.14. The van der Waals surface area contributed by atoms with Gasteiger partial charge in [-0.1, -0.05) is 100 Å². The molecule has 1 aliphatic heterocycles. The van der Waals surface area contributed by atoms with Crippen molar-refractivity contribution in [1.82, 2.24) is 0 Å². The molecule has 6 atom stereocenters. The van der Waals surface area contributed by atoms with Crippen molar-refractivity contribution in [3.63, 3.8) is 0 Å². The number of nitrogens with zero attached hydrogens (tertiary/aromatic N) is 1. The summed E-state index contributed by atoms with van der Waals surface area (Å²) in [6, 6.07) is 30.8. The van der Waals surface area contributed by atoms with Crippen LogP contribution in [0.2, 0.25) is 0 Å². The van der Waals surface area contributed by atoms with E-state index >= 15 is 9.59 Å². The van der Waals surface area contributed by atoms with Crippen LogP contribution in [0, 0.1) is 23.7 Å². The second-order valence-electron chi connectivity index (χ2n) is 13.4. The Hall–Kier alpha value is -5.08. The summed E-state index contributed by atoms with van der Waals surface area (Å²) in [5.74, 6) is -4.51. The first-order valence-corrected chi connectivity index (χ1v) is 17.8. The molecular weight excluding hydrogens is 694 g/mol. The summed E-state index contributed by atoms with van der Waals surface area (Å²) < 4.78 is 6.66. The summed E-state index contributed by atoms with van der Waals surface area (Å²) in [6.07, 6.45) is 3.95. The molecule has 2 amide bonds. The Balaban J connectivity index is 1.37. The normalized spacial score (nSPS) is 27.2. The Morgan fingerprint density at radius 2 is 1.54 bits per heavy atom. The van der Waals surface area contributed by atoms with E-state index in [4.69, 9.17) is 4.74 Å². The number of allylic oxidation sites excluding steroid dienone is 4. The molecule has 7 nitrogen and oxygen atoms in total. The first-order chi connectivity index (χ1) is 24.3. The van der Waals surface area contributed by atoms with Gasteiger partial charge in [0, 0.05) is 27.4 Å². The molecule has 1 heterocycles. The van der Waals surface area contributed by atoms with Crippen molar-refractivity contribution in [3.8, 4) is 11.5 Å². The quantitative estimate of drug-likeness (QED) is 0.162. The van der Waals surface area contributed by atoms with Crippen LogP contribution in [0.25, 0.3) is 5.57 Å². The third-order valence-corrected chi connectivity index (χ3v) is 11.6. The van der Waals surface area contributed by atoms with Crippen LogP contribution in [-0.2, 0) is 24.6 Å². The number of ether oxygens (including phenoxy) is 1. The maximum absolute atomic E-state index is 15.2. The smallest absolute Gasteiger partial charge is 0.238 e. The van der Waals surface area contributed by atoms with Crippen molar-refractivity contribution in [1.29, 1.82) is 0 Å². The fourth-order valence-corrected chi connectivity index (χ4v) is 9.37. The second-order valence-corrected chi connectivity index (χ2v) is 14.3. The van der Waals surface area contributed by atoms with Gasteiger partial charge >= 0.3 is 0 Å².